The average Bonchev–Trinajstić information content (AvgIpc) is 3.12. The second-order valence-corrected chi connectivity index (χ2v) is 7.64. The van der Waals surface area contributed by atoms with Crippen LogP contribution in [0.1, 0.15) is 22.6 Å². The Kier molecular flexibility index (Phi) is 6.01. The minimum absolute atomic E-state index is 0.0120. The molecule has 0 aliphatic carbocycles. The molecule has 3 rings (SSSR count). The number of hydrogen-bond donors (Lipinski definition) is 1. The Labute approximate surface area is 162 Å². The van der Waals surface area contributed by atoms with E-state index in [0.29, 0.717) is 41.9 Å². The molecule has 138 valence electrons. The number of likely N-dealkylation sites (tertiary alicyclic amines) is 1. The molecule has 2 N–H and O–H groups in total. The summed E-state index contributed by atoms with van der Waals surface area (Å²) in [7, 11) is 2.02. The predicted octanol–water partition coefficient (Wildman–Crippen LogP) is 2.78. The number of aromatic nitrogens is 2. The van der Waals surface area contributed by atoms with Gasteiger partial charge in [0.1, 0.15) is 11.6 Å². The Morgan fingerprint density at radius 2 is 2.27 bits per heavy atom. The highest BCUT2D eigenvalue weighted by molar-refractivity contribution is 7.98. The molecule has 1 fully saturated rings. The molecule has 8 heteroatoms. The predicted molar refractivity (Wildman–Crippen MR) is 105 cm³/mol. The molecule has 1 amide bonds. The largest absolute Gasteiger partial charge is 0.384 e. The van der Waals surface area contributed by atoms with Crippen LogP contribution in [0.2, 0.25) is 5.02 Å². The third-order valence-electron chi connectivity index (χ3n) is 4.60. The second-order valence-electron chi connectivity index (χ2n) is 6.35. The number of nitrogens with zero attached hydrogens (tertiary/aromatic N) is 4. The van der Waals surface area contributed by atoms with E-state index in [4.69, 9.17) is 17.3 Å². The lowest BCUT2D eigenvalue weighted by molar-refractivity contribution is 0.0779. The molecule has 1 aromatic heterocycles. The molecule has 1 aliphatic rings. The summed E-state index contributed by atoms with van der Waals surface area (Å²) < 4.78 is 0. The Bertz CT molecular complexity index is 803. The molecule has 2 heterocycles. The average molecular weight is 392 g/mol. The van der Waals surface area contributed by atoms with Crippen molar-refractivity contribution in [3.63, 3.8) is 0 Å². The van der Waals surface area contributed by atoms with Crippen LogP contribution in [-0.4, -0.2) is 58.1 Å². The molecular weight excluding hydrogens is 370 g/mol. The van der Waals surface area contributed by atoms with Crippen molar-refractivity contribution in [2.45, 2.75) is 23.9 Å². The van der Waals surface area contributed by atoms with Crippen LogP contribution in [0.4, 0.5) is 5.82 Å². The number of carbonyl (C=O) groups excluding carboxylic acids is 1. The summed E-state index contributed by atoms with van der Waals surface area (Å²) in [6.07, 6.45) is 4.55. The van der Waals surface area contributed by atoms with E-state index in [1.165, 1.54) is 0 Å². The fourth-order valence-electron chi connectivity index (χ4n) is 3.09. The lowest BCUT2D eigenvalue weighted by atomic mass is 10.2. The van der Waals surface area contributed by atoms with Crippen LogP contribution in [0.25, 0.3) is 0 Å². The first kappa shape index (κ1) is 18.9. The Morgan fingerprint density at radius 3 is 3.00 bits per heavy atom. The highest BCUT2D eigenvalue weighted by Crippen LogP contribution is 2.26. The summed E-state index contributed by atoms with van der Waals surface area (Å²) in [5, 5.41) is 0.498. The first-order valence-corrected chi connectivity index (χ1v) is 9.98. The van der Waals surface area contributed by atoms with Crippen molar-refractivity contribution in [2.24, 2.45) is 0 Å². The maximum atomic E-state index is 12.9. The molecule has 0 unspecified atom stereocenters. The smallest absolute Gasteiger partial charge is 0.255 e. The normalized spacial score (nSPS) is 17.1. The first-order chi connectivity index (χ1) is 12.5. The summed E-state index contributed by atoms with van der Waals surface area (Å²) in [5.74, 6) is 1.14. The maximum Gasteiger partial charge on any atom is 0.255 e. The van der Waals surface area contributed by atoms with Gasteiger partial charge in [0.2, 0.25) is 0 Å². The van der Waals surface area contributed by atoms with E-state index in [2.05, 4.69) is 14.9 Å². The molecule has 0 bridgehead atoms. The van der Waals surface area contributed by atoms with E-state index in [1.807, 2.05) is 30.3 Å². The SMILES string of the molecule is CSc1ccc(Cl)c(C(=O)N2CC[C@@H](N(C)Cc3nccc(N)n3)C2)c1. The topological polar surface area (TPSA) is 75.4 Å². The summed E-state index contributed by atoms with van der Waals surface area (Å²) >= 11 is 7.85. The van der Waals surface area contributed by atoms with Gasteiger partial charge in [-0.2, -0.15) is 0 Å². The fraction of sp³-hybridized carbons (Fsp3) is 0.389. The van der Waals surface area contributed by atoms with Crippen molar-refractivity contribution < 1.29 is 4.79 Å². The summed E-state index contributed by atoms with van der Waals surface area (Å²) in [4.78, 5) is 26.4. The summed E-state index contributed by atoms with van der Waals surface area (Å²) in [6.45, 7) is 1.98. The van der Waals surface area contributed by atoms with Gasteiger partial charge < -0.3 is 10.6 Å². The lowest BCUT2D eigenvalue weighted by Gasteiger charge is -2.24. The maximum absolute atomic E-state index is 12.9. The molecule has 0 saturated carbocycles. The van der Waals surface area contributed by atoms with Gasteiger partial charge in [-0.05, 0) is 44.0 Å². The van der Waals surface area contributed by atoms with E-state index >= 15 is 0 Å². The zero-order valence-electron chi connectivity index (χ0n) is 14.9. The van der Waals surface area contributed by atoms with Crippen molar-refractivity contribution in [1.82, 2.24) is 19.8 Å². The van der Waals surface area contributed by atoms with Gasteiger partial charge in [0.15, 0.2) is 0 Å². The number of likely N-dealkylation sites (N-methyl/N-ethyl adjacent to an activating group) is 1. The van der Waals surface area contributed by atoms with Crippen molar-refractivity contribution in [3.05, 3.63) is 46.9 Å². The molecule has 0 spiro atoms. The van der Waals surface area contributed by atoms with Crippen LogP contribution >= 0.6 is 23.4 Å². The quantitative estimate of drug-likeness (QED) is 0.790. The Balaban J connectivity index is 1.65. The van der Waals surface area contributed by atoms with Crippen molar-refractivity contribution >= 4 is 35.1 Å². The van der Waals surface area contributed by atoms with Gasteiger partial charge in [0, 0.05) is 30.2 Å². The molecule has 1 atom stereocenters. The number of anilines is 1. The molecule has 2 aromatic rings. The van der Waals surface area contributed by atoms with Crippen LogP contribution in [0.5, 0.6) is 0 Å². The van der Waals surface area contributed by atoms with Gasteiger partial charge in [0.05, 0.1) is 17.1 Å². The van der Waals surface area contributed by atoms with Gasteiger partial charge in [-0.15, -0.1) is 11.8 Å². The molecule has 6 nitrogen and oxygen atoms in total. The van der Waals surface area contributed by atoms with E-state index in [1.54, 1.807) is 30.1 Å². The van der Waals surface area contributed by atoms with Gasteiger partial charge >= 0.3 is 0 Å². The van der Waals surface area contributed by atoms with Gasteiger partial charge in [-0.1, -0.05) is 11.6 Å². The molecule has 26 heavy (non-hydrogen) atoms. The van der Waals surface area contributed by atoms with Crippen molar-refractivity contribution in [1.29, 1.82) is 0 Å². The number of amides is 1. The van der Waals surface area contributed by atoms with Crippen LogP contribution in [0.15, 0.2) is 35.4 Å². The first-order valence-electron chi connectivity index (χ1n) is 8.38. The van der Waals surface area contributed by atoms with Crippen molar-refractivity contribution in [2.75, 3.05) is 32.1 Å². The van der Waals surface area contributed by atoms with Gasteiger partial charge in [-0.25, -0.2) is 9.97 Å². The Hall–Kier alpha value is -1.83. The molecule has 1 saturated heterocycles. The van der Waals surface area contributed by atoms with Crippen LogP contribution in [0.3, 0.4) is 0 Å². The third kappa shape index (κ3) is 4.28. The van der Waals surface area contributed by atoms with Gasteiger partial charge in [-0.3, -0.25) is 9.69 Å². The standard InChI is InChI=1S/C18H22ClN5OS/c1-23(11-17-21-7-5-16(20)22-17)12-6-8-24(10-12)18(25)14-9-13(26-2)3-4-15(14)19/h3-5,7,9,12H,6,8,10-11H2,1-2H3,(H2,20,21,22)/t12-/m1/s1. The number of halogens is 1. The molecule has 1 aromatic carbocycles. The number of thioether (sulfide) groups is 1. The van der Waals surface area contributed by atoms with E-state index < -0.39 is 0 Å². The van der Waals surface area contributed by atoms with E-state index in [0.717, 1.165) is 11.3 Å². The summed E-state index contributed by atoms with van der Waals surface area (Å²) in [5.41, 5.74) is 6.29. The fourth-order valence-corrected chi connectivity index (χ4v) is 3.73. The lowest BCUT2D eigenvalue weighted by Crippen LogP contribution is -2.36. The number of nitrogen functional groups attached to an aromatic ring is 1. The molecule has 1 aliphatic heterocycles. The molecular formula is C18H22ClN5OS. The minimum atomic E-state index is -0.0120. The number of carbonyl (C=O) groups is 1. The van der Waals surface area contributed by atoms with Crippen LogP contribution < -0.4 is 5.73 Å². The number of benzene rings is 1. The van der Waals surface area contributed by atoms with Crippen LogP contribution in [-0.2, 0) is 6.54 Å². The highest BCUT2D eigenvalue weighted by atomic mass is 35.5. The summed E-state index contributed by atoms with van der Waals surface area (Å²) in [6, 6.07) is 7.51. The van der Waals surface area contributed by atoms with Crippen molar-refractivity contribution in [3.8, 4) is 0 Å². The number of nitrogens with two attached hydrogens (primary N) is 1. The molecule has 0 radical (unpaired) electrons. The Morgan fingerprint density at radius 1 is 1.46 bits per heavy atom. The second kappa shape index (κ2) is 8.24. The zero-order valence-corrected chi connectivity index (χ0v) is 16.4. The monoisotopic (exact) mass is 391 g/mol. The number of rotatable bonds is 5. The highest BCUT2D eigenvalue weighted by Gasteiger charge is 2.30. The van der Waals surface area contributed by atoms with E-state index in [9.17, 15) is 4.79 Å². The van der Waals surface area contributed by atoms with Gasteiger partial charge in [0.25, 0.3) is 5.91 Å². The third-order valence-corrected chi connectivity index (χ3v) is 5.65. The van der Waals surface area contributed by atoms with E-state index in [-0.39, 0.29) is 11.9 Å². The minimum Gasteiger partial charge on any atom is -0.384 e. The van der Waals surface area contributed by atoms with Crippen LogP contribution in [0, 0.1) is 0 Å². The number of hydrogen-bond acceptors (Lipinski definition) is 6. The zero-order chi connectivity index (χ0) is 18.7.